The van der Waals surface area contributed by atoms with E-state index in [1.165, 1.54) is 0 Å². The van der Waals surface area contributed by atoms with Gasteiger partial charge in [0.1, 0.15) is 5.82 Å². The number of aryl methyl sites for hydroxylation is 1. The molecule has 0 radical (unpaired) electrons. The Hall–Kier alpha value is -3.47. The zero-order chi connectivity index (χ0) is 22.7. The van der Waals surface area contributed by atoms with Crippen molar-refractivity contribution in [2.45, 2.75) is 38.1 Å². The number of hydrogen-bond donors (Lipinski definition) is 3. The molecule has 0 saturated carbocycles. The molecule has 3 aromatic heterocycles. The van der Waals surface area contributed by atoms with E-state index < -0.39 is 0 Å². The number of esters is 1. The maximum Gasteiger partial charge on any atom is 0.307 e. The highest BCUT2D eigenvalue weighted by atomic mass is 16.5. The molecule has 0 aromatic carbocycles. The Kier molecular flexibility index (Phi) is 6.35. The molecule has 1 fully saturated rings. The summed E-state index contributed by atoms with van der Waals surface area (Å²) in [6.45, 7) is 2.97. The minimum absolute atomic E-state index is 0.106. The molecule has 32 heavy (non-hydrogen) atoms. The lowest BCUT2D eigenvalue weighted by atomic mass is 9.91. The predicted molar refractivity (Wildman–Crippen MR) is 118 cm³/mol. The Labute approximate surface area is 185 Å². The first kappa shape index (κ1) is 21.8. The average molecular weight is 441 g/mol. The van der Waals surface area contributed by atoms with Crippen LogP contribution in [0.25, 0.3) is 16.8 Å². The molecular formula is C21H28N8O3. The van der Waals surface area contributed by atoms with E-state index in [2.05, 4.69) is 20.8 Å². The van der Waals surface area contributed by atoms with Crippen LogP contribution < -0.4 is 16.4 Å². The number of ether oxygens (including phenoxy) is 1. The zero-order valence-corrected chi connectivity index (χ0v) is 18.2. The van der Waals surface area contributed by atoms with Gasteiger partial charge in [-0.05, 0) is 19.8 Å². The van der Waals surface area contributed by atoms with Gasteiger partial charge < -0.3 is 21.1 Å². The molecule has 4 rings (SSSR count). The normalized spacial score (nSPS) is 18.6. The molecule has 1 amide bonds. The summed E-state index contributed by atoms with van der Waals surface area (Å²) in [4.78, 5) is 28.7. The van der Waals surface area contributed by atoms with Crippen molar-refractivity contribution in [2.24, 2.45) is 7.05 Å². The molecule has 170 valence electrons. The van der Waals surface area contributed by atoms with Gasteiger partial charge in [0.2, 0.25) is 5.91 Å². The number of carbonyl (C=O) groups is 2. The van der Waals surface area contributed by atoms with Crippen LogP contribution in [0.1, 0.15) is 37.8 Å². The van der Waals surface area contributed by atoms with Crippen molar-refractivity contribution in [3.05, 3.63) is 30.4 Å². The first-order chi connectivity index (χ1) is 15.5. The van der Waals surface area contributed by atoms with E-state index in [0.29, 0.717) is 31.0 Å². The standard InChI is InChI=1S/C21H28N8O3/c1-3-32-19(30)6-7-23-21(31)16-5-4-13(9-24-16)17-8-18(22)29-20(27-17)15(11-26-29)14-10-25-28(2)12-14/h8,10-13,16,24H,3-7,9,22H2,1-2H3,(H,23,31)/t13-,16-/m0/s1. The van der Waals surface area contributed by atoms with Gasteiger partial charge in [0, 0.05) is 49.4 Å². The van der Waals surface area contributed by atoms with Gasteiger partial charge in [0.15, 0.2) is 5.65 Å². The number of piperidine rings is 1. The van der Waals surface area contributed by atoms with Gasteiger partial charge in [-0.3, -0.25) is 14.3 Å². The van der Waals surface area contributed by atoms with E-state index in [1.807, 2.05) is 19.3 Å². The lowest BCUT2D eigenvalue weighted by Gasteiger charge is -2.29. The lowest BCUT2D eigenvalue weighted by Crippen LogP contribution is -2.48. The number of fused-ring (bicyclic) bond motifs is 1. The second-order valence-corrected chi connectivity index (χ2v) is 7.88. The fourth-order valence-corrected chi connectivity index (χ4v) is 3.96. The molecule has 1 aliphatic rings. The molecule has 1 saturated heterocycles. The number of nitrogens with zero attached hydrogens (tertiary/aromatic N) is 5. The van der Waals surface area contributed by atoms with E-state index in [-0.39, 0.29) is 36.8 Å². The average Bonchev–Trinajstić information content (AvgIpc) is 3.40. The second-order valence-electron chi connectivity index (χ2n) is 7.88. The number of amides is 1. The highest BCUT2D eigenvalue weighted by Crippen LogP contribution is 2.29. The van der Waals surface area contributed by atoms with Crippen LogP contribution in [-0.4, -0.2) is 62.0 Å². The molecule has 2 atom stereocenters. The molecule has 3 aromatic rings. The second kappa shape index (κ2) is 9.35. The summed E-state index contributed by atoms with van der Waals surface area (Å²) in [6, 6.07) is 1.55. The molecule has 0 unspecified atom stereocenters. The fourth-order valence-electron chi connectivity index (χ4n) is 3.96. The summed E-state index contributed by atoms with van der Waals surface area (Å²) in [6.07, 6.45) is 7.06. The Morgan fingerprint density at radius 2 is 2.16 bits per heavy atom. The van der Waals surface area contributed by atoms with E-state index in [1.54, 1.807) is 28.5 Å². The van der Waals surface area contributed by atoms with Crippen LogP contribution in [0.15, 0.2) is 24.7 Å². The highest BCUT2D eigenvalue weighted by Gasteiger charge is 2.28. The van der Waals surface area contributed by atoms with Crippen molar-refractivity contribution >= 4 is 23.3 Å². The van der Waals surface area contributed by atoms with Crippen molar-refractivity contribution in [3.8, 4) is 11.1 Å². The highest BCUT2D eigenvalue weighted by molar-refractivity contribution is 5.82. The summed E-state index contributed by atoms with van der Waals surface area (Å²) in [5.41, 5.74) is 9.60. The van der Waals surface area contributed by atoms with Gasteiger partial charge >= 0.3 is 5.97 Å². The third kappa shape index (κ3) is 4.57. The van der Waals surface area contributed by atoms with E-state index in [4.69, 9.17) is 15.5 Å². The van der Waals surface area contributed by atoms with Crippen LogP contribution in [0, 0.1) is 0 Å². The van der Waals surface area contributed by atoms with E-state index in [9.17, 15) is 9.59 Å². The molecule has 4 N–H and O–H groups in total. The van der Waals surface area contributed by atoms with Crippen molar-refractivity contribution in [2.75, 3.05) is 25.4 Å². The van der Waals surface area contributed by atoms with Gasteiger partial charge in [-0.25, -0.2) is 4.98 Å². The number of nitrogens with two attached hydrogens (primary N) is 1. The topological polar surface area (TPSA) is 141 Å². The lowest BCUT2D eigenvalue weighted by molar-refractivity contribution is -0.143. The Morgan fingerprint density at radius 1 is 1.31 bits per heavy atom. The fraction of sp³-hybridized carbons (Fsp3) is 0.476. The summed E-state index contributed by atoms with van der Waals surface area (Å²) in [5, 5.41) is 14.7. The predicted octanol–water partition coefficient (Wildman–Crippen LogP) is 0.617. The quantitative estimate of drug-likeness (QED) is 0.454. The van der Waals surface area contributed by atoms with Gasteiger partial charge in [0.25, 0.3) is 0 Å². The number of carbonyl (C=O) groups excluding carboxylic acids is 2. The molecule has 11 nitrogen and oxygen atoms in total. The number of nitrogen functional groups attached to an aromatic ring is 1. The first-order valence-corrected chi connectivity index (χ1v) is 10.8. The molecule has 4 heterocycles. The first-order valence-electron chi connectivity index (χ1n) is 10.8. The van der Waals surface area contributed by atoms with Crippen LogP contribution >= 0.6 is 0 Å². The van der Waals surface area contributed by atoms with E-state index >= 15 is 0 Å². The smallest absolute Gasteiger partial charge is 0.307 e. The summed E-state index contributed by atoms with van der Waals surface area (Å²) >= 11 is 0. The van der Waals surface area contributed by atoms with Gasteiger partial charge in [-0.15, -0.1) is 0 Å². The van der Waals surface area contributed by atoms with Crippen molar-refractivity contribution in [1.82, 2.24) is 35.0 Å². The largest absolute Gasteiger partial charge is 0.466 e. The zero-order valence-electron chi connectivity index (χ0n) is 18.2. The van der Waals surface area contributed by atoms with Gasteiger partial charge in [-0.2, -0.15) is 14.7 Å². The molecule has 1 aliphatic heterocycles. The van der Waals surface area contributed by atoms with E-state index in [0.717, 1.165) is 23.2 Å². The molecule has 0 aliphatic carbocycles. The van der Waals surface area contributed by atoms with Crippen LogP contribution in [0.2, 0.25) is 0 Å². The Bertz CT molecular complexity index is 1110. The van der Waals surface area contributed by atoms with Gasteiger partial charge in [-0.1, -0.05) is 0 Å². The Morgan fingerprint density at radius 3 is 2.84 bits per heavy atom. The van der Waals surface area contributed by atoms with Crippen LogP contribution in [0.4, 0.5) is 5.82 Å². The molecule has 0 bridgehead atoms. The minimum Gasteiger partial charge on any atom is -0.466 e. The summed E-state index contributed by atoms with van der Waals surface area (Å²) in [5.74, 6) is 0.223. The minimum atomic E-state index is -0.311. The third-order valence-electron chi connectivity index (χ3n) is 5.62. The van der Waals surface area contributed by atoms with Crippen LogP contribution in [-0.2, 0) is 21.4 Å². The molecule has 0 spiro atoms. The maximum atomic E-state index is 12.4. The SMILES string of the molecule is CCOC(=O)CCNC(=O)[C@@H]1CC[C@H](c2cc(N)n3ncc(-c4cnn(C)c4)c3n2)CN1. The number of anilines is 1. The van der Waals surface area contributed by atoms with Crippen LogP contribution in [0.5, 0.6) is 0 Å². The number of nitrogens with one attached hydrogen (secondary N) is 2. The van der Waals surface area contributed by atoms with Crippen molar-refractivity contribution in [3.63, 3.8) is 0 Å². The molecule has 11 heteroatoms. The summed E-state index contributed by atoms with van der Waals surface area (Å²) in [7, 11) is 1.86. The van der Waals surface area contributed by atoms with Gasteiger partial charge in [0.05, 0.1) is 37.2 Å². The maximum absolute atomic E-state index is 12.4. The van der Waals surface area contributed by atoms with Crippen LogP contribution in [0.3, 0.4) is 0 Å². The number of hydrogen-bond acceptors (Lipinski definition) is 8. The summed E-state index contributed by atoms with van der Waals surface area (Å²) < 4.78 is 8.23. The van der Waals surface area contributed by atoms with Crippen molar-refractivity contribution in [1.29, 1.82) is 0 Å². The number of aromatic nitrogens is 5. The molecular weight excluding hydrogens is 412 g/mol. The number of rotatable bonds is 7. The monoisotopic (exact) mass is 440 g/mol. The Balaban J connectivity index is 1.40. The van der Waals surface area contributed by atoms with Crippen molar-refractivity contribution < 1.29 is 14.3 Å². The third-order valence-corrected chi connectivity index (χ3v) is 5.62.